The normalized spacial score (nSPS) is 12.8. The van der Waals surface area contributed by atoms with Gasteiger partial charge in [-0.15, -0.1) is 0 Å². The van der Waals surface area contributed by atoms with Crippen LogP contribution in [0.1, 0.15) is 38.4 Å². The van der Waals surface area contributed by atoms with Crippen molar-refractivity contribution in [2.75, 3.05) is 6.54 Å². The van der Waals surface area contributed by atoms with Crippen LogP contribution >= 0.6 is 0 Å². The number of aryl methyl sites for hydroxylation is 2. The van der Waals surface area contributed by atoms with Crippen molar-refractivity contribution in [3.8, 4) is 0 Å². The van der Waals surface area contributed by atoms with E-state index in [2.05, 4.69) is 29.4 Å². The predicted octanol–water partition coefficient (Wildman–Crippen LogP) is 2.06. The summed E-state index contributed by atoms with van der Waals surface area (Å²) in [5.41, 5.74) is 2.35. The summed E-state index contributed by atoms with van der Waals surface area (Å²) in [7, 11) is 0. The molecule has 0 bridgehead atoms. The van der Waals surface area contributed by atoms with Gasteiger partial charge in [-0.05, 0) is 31.2 Å². The van der Waals surface area contributed by atoms with E-state index in [0.717, 1.165) is 25.1 Å². The summed E-state index contributed by atoms with van der Waals surface area (Å²) >= 11 is 0. The van der Waals surface area contributed by atoms with E-state index >= 15 is 0 Å². The quantitative estimate of drug-likeness (QED) is 0.744. The maximum absolute atomic E-state index is 11.7. The van der Waals surface area contributed by atoms with Crippen LogP contribution < -0.4 is 5.32 Å². The highest BCUT2D eigenvalue weighted by Gasteiger charge is 2.15. The molecule has 1 aromatic heterocycles. The number of hydrogen-bond donors (Lipinski definition) is 2. The Morgan fingerprint density at radius 1 is 1.47 bits per heavy atom. The Hall–Kier alpha value is -1.32. The molecule has 2 N–H and O–H groups in total. The van der Waals surface area contributed by atoms with Crippen molar-refractivity contribution in [2.24, 2.45) is 11.8 Å². The average molecular weight is 237 g/mol. The molecule has 0 aliphatic heterocycles. The smallest absolute Gasteiger partial charge is 0.223 e. The third-order valence-electron chi connectivity index (χ3n) is 3.27. The van der Waals surface area contributed by atoms with Crippen molar-refractivity contribution in [1.29, 1.82) is 0 Å². The van der Waals surface area contributed by atoms with Gasteiger partial charge in [0.05, 0.1) is 6.20 Å². The van der Waals surface area contributed by atoms with Gasteiger partial charge in [0.15, 0.2) is 0 Å². The summed E-state index contributed by atoms with van der Waals surface area (Å²) in [6.45, 7) is 8.86. The van der Waals surface area contributed by atoms with Gasteiger partial charge in [-0.2, -0.15) is 5.10 Å². The molecule has 1 aromatic rings. The van der Waals surface area contributed by atoms with Crippen molar-refractivity contribution in [1.82, 2.24) is 15.5 Å². The zero-order chi connectivity index (χ0) is 12.8. The summed E-state index contributed by atoms with van der Waals surface area (Å²) in [5, 5.41) is 9.86. The van der Waals surface area contributed by atoms with E-state index in [1.807, 2.05) is 20.0 Å². The van der Waals surface area contributed by atoms with Gasteiger partial charge >= 0.3 is 0 Å². The Morgan fingerprint density at radius 2 is 2.18 bits per heavy atom. The first-order valence-electron chi connectivity index (χ1n) is 6.29. The Balaban J connectivity index is 2.21. The molecule has 1 heterocycles. The van der Waals surface area contributed by atoms with Crippen molar-refractivity contribution >= 4 is 5.91 Å². The van der Waals surface area contributed by atoms with Crippen molar-refractivity contribution in [3.05, 3.63) is 17.5 Å². The molecule has 4 nitrogen and oxygen atoms in total. The molecular weight excluding hydrogens is 214 g/mol. The van der Waals surface area contributed by atoms with Crippen molar-refractivity contribution in [2.45, 2.75) is 40.5 Å². The topological polar surface area (TPSA) is 57.8 Å². The average Bonchev–Trinajstić information content (AvgIpc) is 2.69. The van der Waals surface area contributed by atoms with E-state index in [1.165, 1.54) is 5.56 Å². The fourth-order valence-corrected chi connectivity index (χ4v) is 1.58. The molecule has 0 aromatic carbocycles. The van der Waals surface area contributed by atoms with Gasteiger partial charge in [0, 0.05) is 18.2 Å². The lowest BCUT2D eigenvalue weighted by molar-refractivity contribution is -0.125. The summed E-state index contributed by atoms with van der Waals surface area (Å²) in [4.78, 5) is 11.7. The van der Waals surface area contributed by atoms with Crippen LogP contribution in [0.4, 0.5) is 0 Å². The largest absolute Gasteiger partial charge is 0.356 e. The first-order valence-corrected chi connectivity index (χ1v) is 6.29. The number of H-pyrrole nitrogens is 1. The zero-order valence-electron chi connectivity index (χ0n) is 11.2. The second-order valence-electron chi connectivity index (χ2n) is 4.95. The molecule has 1 unspecified atom stereocenters. The minimum absolute atomic E-state index is 0.0886. The highest BCUT2D eigenvalue weighted by molar-refractivity contribution is 5.78. The van der Waals surface area contributed by atoms with Gasteiger partial charge in [-0.1, -0.05) is 20.8 Å². The lowest BCUT2D eigenvalue weighted by Gasteiger charge is -2.15. The van der Waals surface area contributed by atoms with Crippen molar-refractivity contribution in [3.63, 3.8) is 0 Å². The molecule has 1 rings (SSSR count). The first-order chi connectivity index (χ1) is 8.02. The number of rotatable bonds is 6. The second kappa shape index (κ2) is 6.42. The third kappa shape index (κ3) is 4.21. The molecule has 0 radical (unpaired) electrons. The molecule has 96 valence electrons. The molecular formula is C13H23N3O. The molecule has 0 spiro atoms. The minimum atomic E-state index is 0.0886. The molecule has 0 saturated carbocycles. The number of aromatic nitrogens is 2. The fraction of sp³-hybridized carbons (Fsp3) is 0.692. The van der Waals surface area contributed by atoms with E-state index in [1.54, 1.807) is 0 Å². The fourth-order valence-electron chi connectivity index (χ4n) is 1.58. The van der Waals surface area contributed by atoms with Crippen LogP contribution in [0.25, 0.3) is 0 Å². The molecule has 1 amide bonds. The monoisotopic (exact) mass is 237 g/mol. The van der Waals surface area contributed by atoms with Gasteiger partial charge < -0.3 is 5.32 Å². The summed E-state index contributed by atoms with van der Waals surface area (Å²) in [5.74, 6) is 0.640. The SMILES string of the molecule is Cc1[nH]ncc1CCCNC(=O)C(C)C(C)C. The van der Waals surface area contributed by atoms with Crippen LogP contribution in [-0.4, -0.2) is 22.6 Å². The van der Waals surface area contributed by atoms with Gasteiger partial charge in [-0.3, -0.25) is 9.89 Å². The molecule has 0 fully saturated rings. The van der Waals surface area contributed by atoms with Gasteiger partial charge in [0.1, 0.15) is 0 Å². The Bertz CT molecular complexity index is 357. The number of aromatic amines is 1. The van der Waals surface area contributed by atoms with Crippen LogP contribution in [0.2, 0.25) is 0 Å². The van der Waals surface area contributed by atoms with E-state index in [-0.39, 0.29) is 11.8 Å². The Labute approximate surface area is 103 Å². The van der Waals surface area contributed by atoms with Crippen molar-refractivity contribution < 1.29 is 4.79 Å². The van der Waals surface area contributed by atoms with Crippen LogP contribution in [0, 0.1) is 18.8 Å². The highest BCUT2D eigenvalue weighted by Crippen LogP contribution is 2.09. The van der Waals surface area contributed by atoms with Gasteiger partial charge in [0.25, 0.3) is 0 Å². The van der Waals surface area contributed by atoms with Crippen LogP contribution in [-0.2, 0) is 11.2 Å². The Morgan fingerprint density at radius 3 is 2.71 bits per heavy atom. The summed E-state index contributed by atoms with van der Waals surface area (Å²) in [6, 6.07) is 0. The van der Waals surface area contributed by atoms with Crippen LogP contribution in [0.5, 0.6) is 0 Å². The van der Waals surface area contributed by atoms with E-state index in [4.69, 9.17) is 0 Å². The Kier molecular flexibility index (Phi) is 5.19. The number of carbonyl (C=O) groups is 1. The lowest BCUT2D eigenvalue weighted by atomic mass is 9.97. The molecule has 4 heteroatoms. The van der Waals surface area contributed by atoms with Gasteiger partial charge in [0.2, 0.25) is 5.91 Å². The number of nitrogens with zero attached hydrogens (tertiary/aromatic N) is 1. The molecule has 1 atom stereocenters. The lowest BCUT2D eigenvalue weighted by Crippen LogP contribution is -2.32. The number of carbonyl (C=O) groups excluding carboxylic acids is 1. The van der Waals surface area contributed by atoms with E-state index < -0.39 is 0 Å². The van der Waals surface area contributed by atoms with Crippen LogP contribution in [0.3, 0.4) is 0 Å². The highest BCUT2D eigenvalue weighted by atomic mass is 16.1. The molecule has 0 saturated heterocycles. The van der Waals surface area contributed by atoms with Gasteiger partial charge in [-0.25, -0.2) is 0 Å². The van der Waals surface area contributed by atoms with Crippen LogP contribution in [0.15, 0.2) is 6.20 Å². The number of hydrogen-bond acceptors (Lipinski definition) is 2. The number of nitrogens with one attached hydrogen (secondary N) is 2. The molecule has 0 aliphatic rings. The minimum Gasteiger partial charge on any atom is -0.356 e. The summed E-state index contributed by atoms with van der Waals surface area (Å²) in [6.07, 6.45) is 3.77. The summed E-state index contributed by atoms with van der Waals surface area (Å²) < 4.78 is 0. The molecule has 17 heavy (non-hydrogen) atoms. The maximum atomic E-state index is 11.7. The number of amides is 1. The second-order valence-corrected chi connectivity index (χ2v) is 4.95. The standard InChI is InChI=1S/C13H23N3O/c1-9(2)10(3)13(17)14-7-5-6-12-8-15-16-11(12)4/h8-10H,5-7H2,1-4H3,(H,14,17)(H,15,16). The third-order valence-corrected chi connectivity index (χ3v) is 3.27. The molecule has 0 aliphatic carbocycles. The van der Waals surface area contributed by atoms with E-state index in [9.17, 15) is 4.79 Å². The maximum Gasteiger partial charge on any atom is 0.223 e. The predicted molar refractivity (Wildman–Crippen MR) is 68.7 cm³/mol. The first kappa shape index (κ1) is 13.7. The zero-order valence-corrected chi connectivity index (χ0v) is 11.2. The van der Waals surface area contributed by atoms with E-state index in [0.29, 0.717) is 5.92 Å².